The molecule has 2 aliphatic heterocycles. The normalized spacial score (nSPS) is 17.2. The Bertz CT molecular complexity index is 1060. The predicted octanol–water partition coefficient (Wildman–Crippen LogP) is 2.23. The zero-order valence-electron chi connectivity index (χ0n) is 16.4. The number of ether oxygens (including phenoxy) is 1. The lowest BCUT2D eigenvalue weighted by Crippen LogP contribution is -2.37. The smallest absolute Gasteiger partial charge is 0.244 e. The molecule has 0 aromatic heterocycles. The zero-order chi connectivity index (χ0) is 21.1. The standard InChI is InChI=1S/C21H23N3O5S/c25-20(15-24-18-8-1-2-9-19(18)29-13-10-21(24)26)22-16-6-5-7-17(14-16)30(27,28)23-11-3-4-12-23/h1-2,5-9,14H,3-4,10-13,15H2,(H,22,25). The number of nitrogens with zero attached hydrogens (tertiary/aromatic N) is 2. The number of amides is 2. The molecule has 2 aliphatic rings. The topological polar surface area (TPSA) is 96.0 Å². The van der Waals surface area contributed by atoms with Crippen LogP contribution < -0.4 is 15.0 Å². The molecule has 0 aliphatic carbocycles. The molecule has 1 N–H and O–H groups in total. The summed E-state index contributed by atoms with van der Waals surface area (Å²) in [5.41, 5.74) is 0.910. The van der Waals surface area contributed by atoms with Gasteiger partial charge in [-0.05, 0) is 43.2 Å². The number of rotatable bonds is 5. The highest BCUT2D eigenvalue weighted by atomic mass is 32.2. The van der Waals surface area contributed by atoms with E-state index in [0.717, 1.165) is 12.8 Å². The van der Waals surface area contributed by atoms with E-state index in [1.165, 1.54) is 21.3 Å². The van der Waals surface area contributed by atoms with Crippen molar-refractivity contribution in [1.29, 1.82) is 0 Å². The van der Waals surface area contributed by atoms with Gasteiger partial charge in [0.25, 0.3) is 0 Å². The lowest BCUT2D eigenvalue weighted by molar-refractivity contribution is -0.121. The molecule has 30 heavy (non-hydrogen) atoms. The fourth-order valence-electron chi connectivity index (χ4n) is 3.65. The number of sulfonamides is 1. The van der Waals surface area contributed by atoms with E-state index < -0.39 is 15.9 Å². The van der Waals surface area contributed by atoms with Crippen LogP contribution in [0.15, 0.2) is 53.4 Å². The van der Waals surface area contributed by atoms with Crippen LogP contribution in [-0.2, 0) is 19.6 Å². The molecule has 2 amide bonds. The molecule has 158 valence electrons. The van der Waals surface area contributed by atoms with Gasteiger partial charge in [0.05, 0.1) is 23.6 Å². The van der Waals surface area contributed by atoms with E-state index in [9.17, 15) is 18.0 Å². The van der Waals surface area contributed by atoms with Gasteiger partial charge in [0.15, 0.2) is 0 Å². The van der Waals surface area contributed by atoms with Gasteiger partial charge in [0.1, 0.15) is 12.3 Å². The number of carbonyl (C=O) groups is 2. The number of hydrogen-bond acceptors (Lipinski definition) is 5. The first kappa shape index (κ1) is 20.4. The van der Waals surface area contributed by atoms with Crippen molar-refractivity contribution in [2.45, 2.75) is 24.2 Å². The third-order valence-corrected chi connectivity index (χ3v) is 7.05. The van der Waals surface area contributed by atoms with Crippen LogP contribution in [0.3, 0.4) is 0 Å². The second kappa shape index (κ2) is 8.45. The maximum Gasteiger partial charge on any atom is 0.244 e. The molecule has 0 atom stereocenters. The number of hydrogen-bond donors (Lipinski definition) is 1. The quantitative estimate of drug-likeness (QED) is 0.786. The number of fused-ring (bicyclic) bond motifs is 1. The maximum absolute atomic E-state index is 12.8. The van der Waals surface area contributed by atoms with Gasteiger partial charge < -0.3 is 10.1 Å². The molecule has 2 aromatic carbocycles. The summed E-state index contributed by atoms with van der Waals surface area (Å²) < 4.78 is 32.6. The van der Waals surface area contributed by atoms with Gasteiger partial charge in [0, 0.05) is 18.8 Å². The summed E-state index contributed by atoms with van der Waals surface area (Å²) in [5, 5.41) is 2.71. The molecule has 0 unspecified atom stereocenters. The average Bonchev–Trinajstić information content (AvgIpc) is 3.24. The minimum Gasteiger partial charge on any atom is -0.491 e. The Labute approximate surface area is 175 Å². The first-order chi connectivity index (χ1) is 14.4. The van der Waals surface area contributed by atoms with Gasteiger partial charge in [-0.2, -0.15) is 4.31 Å². The SMILES string of the molecule is O=C(CN1C(=O)CCOc2ccccc21)Nc1cccc(S(=O)(=O)N2CCCC2)c1. The monoisotopic (exact) mass is 429 g/mol. The highest BCUT2D eigenvalue weighted by Gasteiger charge is 2.28. The number of benzene rings is 2. The fourth-order valence-corrected chi connectivity index (χ4v) is 5.21. The first-order valence-electron chi connectivity index (χ1n) is 9.87. The summed E-state index contributed by atoms with van der Waals surface area (Å²) in [6.45, 7) is 1.08. The minimum absolute atomic E-state index is 0.145. The van der Waals surface area contributed by atoms with Crippen LogP contribution in [0.5, 0.6) is 5.75 Å². The van der Waals surface area contributed by atoms with E-state index in [4.69, 9.17) is 4.74 Å². The van der Waals surface area contributed by atoms with Crippen LogP contribution in [0.1, 0.15) is 19.3 Å². The number of para-hydroxylation sites is 2. The molecule has 2 heterocycles. The van der Waals surface area contributed by atoms with Crippen molar-refractivity contribution in [1.82, 2.24) is 4.31 Å². The van der Waals surface area contributed by atoms with Crippen molar-refractivity contribution in [3.63, 3.8) is 0 Å². The number of nitrogens with one attached hydrogen (secondary N) is 1. The molecule has 0 radical (unpaired) electrons. The van der Waals surface area contributed by atoms with Gasteiger partial charge in [-0.3, -0.25) is 14.5 Å². The van der Waals surface area contributed by atoms with Crippen LogP contribution in [0.25, 0.3) is 0 Å². The number of carbonyl (C=O) groups excluding carboxylic acids is 2. The zero-order valence-corrected chi connectivity index (χ0v) is 17.2. The van der Waals surface area contributed by atoms with Gasteiger partial charge in [0.2, 0.25) is 21.8 Å². The van der Waals surface area contributed by atoms with E-state index in [0.29, 0.717) is 30.2 Å². The molecule has 8 nitrogen and oxygen atoms in total. The van der Waals surface area contributed by atoms with E-state index >= 15 is 0 Å². The molecule has 2 aromatic rings. The first-order valence-corrected chi connectivity index (χ1v) is 11.3. The molecule has 0 bridgehead atoms. The molecule has 4 rings (SSSR count). The lowest BCUT2D eigenvalue weighted by Gasteiger charge is -2.21. The highest BCUT2D eigenvalue weighted by Crippen LogP contribution is 2.31. The minimum atomic E-state index is -3.58. The summed E-state index contributed by atoms with van der Waals surface area (Å²) in [4.78, 5) is 26.7. The Balaban J connectivity index is 1.50. The van der Waals surface area contributed by atoms with Crippen molar-refractivity contribution in [2.75, 3.05) is 36.5 Å². The van der Waals surface area contributed by atoms with Crippen LogP contribution in [0, 0.1) is 0 Å². The van der Waals surface area contributed by atoms with Gasteiger partial charge in [-0.25, -0.2) is 8.42 Å². The highest BCUT2D eigenvalue weighted by molar-refractivity contribution is 7.89. The van der Waals surface area contributed by atoms with Crippen molar-refractivity contribution < 1.29 is 22.7 Å². The van der Waals surface area contributed by atoms with Crippen molar-refractivity contribution >= 4 is 33.2 Å². The third kappa shape index (κ3) is 4.17. The van der Waals surface area contributed by atoms with E-state index in [1.54, 1.807) is 36.4 Å². The van der Waals surface area contributed by atoms with E-state index in [2.05, 4.69) is 5.32 Å². The Hall–Kier alpha value is -2.91. The van der Waals surface area contributed by atoms with E-state index in [1.807, 2.05) is 0 Å². The van der Waals surface area contributed by atoms with Gasteiger partial charge in [-0.1, -0.05) is 18.2 Å². The average molecular weight is 429 g/mol. The summed E-state index contributed by atoms with van der Waals surface area (Å²) in [6, 6.07) is 13.3. The van der Waals surface area contributed by atoms with E-state index in [-0.39, 0.29) is 30.4 Å². The third-order valence-electron chi connectivity index (χ3n) is 5.15. The van der Waals surface area contributed by atoms with Crippen LogP contribution in [-0.4, -0.2) is 50.8 Å². The van der Waals surface area contributed by atoms with Crippen molar-refractivity contribution in [3.05, 3.63) is 48.5 Å². The molecule has 1 saturated heterocycles. The molecular weight excluding hydrogens is 406 g/mol. The second-order valence-corrected chi connectivity index (χ2v) is 9.17. The Morgan fingerprint density at radius 3 is 2.63 bits per heavy atom. The maximum atomic E-state index is 12.8. The van der Waals surface area contributed by atoms with Crippen molar-refractivity contribution in [2.24, 2.45) is 0 Å². The van der Waals surface area contributed by atoms with Gasteiger partial charge >= 0.3 is 0 Å². The molecule has 9 heteroatoms. The fraction of sp³-hybridized carbons (Fsp3) is 0.333. The summed E-state index contributed by atoms with van der Waals surface area (Å²) in [6.07, 6.45) is 1.88. The summed E-state index contributed by atoms with van der Waals surface area (Å²) in [5.74, 6) is -0.0777. The summed E-state index contributed by atoms with van der Waals surface area (Å²) >= 11 is 0. The summed E-state index contributed by atoms with van der Waals surface area (Å²) in [7, 11) is -3.58. The van der Waals surface area contributed by atoms with Crippen molar-refractivity contribution in [3.8, 4) is 5.75 Å². The molecule has 1 fully saturated rings. The Kier molecular flexibility index (Phi) is 5.74. The number of anilines is 2. The van der Waals surface area contributed by atoms with Crippen LogP contribution in [0.4, 0.5) is 11.4 Å². The van der Waals surface area contributed by atoms with Crippen LogP contribution >= 0.6 is 0 Å². The predicted molar refractivity (Wildman–Crippen MR) is 112 cm³/mol. The second-order valence-electron chi connectivity index (χ2n) is 7.23. The largest absolute Gasteiger partial charge is 0.491 e. The lowest BCUT2D eigenvalue weighted by atomic mass is 10.2. The molecule has 0 saturated carbocycles. The van der Waals surface area contributed by atoms with Crippen LogP contribution in [0.2, 0.25) is 0 Å². The molecular formula is C21H23N3O5S. The van der Waals surface area contributed by atoms with Gasteiger partial charge in [-0.15, -0.1) is 0 Å². The Morgan fingerprint density at radius 2 is 1.83 bits per heavy atom. The molecule has 0 spiro atoms. The Morgan fingerprint density at radius 1 is 1.07 bits per heavy atom.